The molecule has 0 unspecified atom stereocenters. The molecule has 0 bridgehead atoms. The number of methoxy groups -OCH3 is 1. The number of carbonyl (C=O) groups excluding carboxylic acids is 1. The van der Waals surface area contributed by atoms with E-state index in [4.69, 9.17) is 4.74 Å². The Bertz CT molecular complexity index is 1260. The van der Waals surface area contributed by atoms with Crippen molar-refractivity contribution in [3.8, 4) is 5.75 Å². The van der Waals surface area contributed by atoms with Crippen molar-refractivity contribution in [1.82, 2.24) is 24.4 Å². The summed E-state index contributed by atoms with van der Waals surface area (Å²) in [6.07, 6.45) is 6.40. The zero-order chi connectivity index (χ0) is 21.4. The predicted octanol–water partition coefficient (Wildman–Crippen LogP) is 4.24. The molecule has 0 saturated heterocycles. The van der Waals surface area contributed by atoms with E-state index in [1.807, 2.05) is 39.4 Å². The highest BCUT2D eigenvalue weighted by molar-refractivity contribution is 7.99. The number of thioether (sulfide) groups is 1. The summed E-state index contributed by atoms with van der Waals surface area (Å²) >= 11 is 1.37. The quantitative estimate of drug-likeness (QED) is 0.455. The Kier molecular flexibility index (Phi) is 5.27. The lowest BCUT2D eigenvalue weighted by molar-refractivity contribution is -0.113. The van der Waals surface area contributed by atoms with Gasteiger partial charge < -0.3 is 10.1 Å². The Hall–Kier alpha value is -3.07. The first-order valence-electron chi connectivity index (χ1n) is 10.4. The van der Waals surface area contributed by atoms with Crippen LogP contribution >= 0.6 is 11.8 Å². The number of carbonyl (C=O) groups is 1. The number of nitrogens with one attached hydrogen (secondary N) is 1. The van der Waals surface area contributed by atoms with Gasteiger partial charge in [-0.15, -0.1) is 10.2 Å². The molecule has 1 saturated carbocycles. The molecule has 1 amide bonds. The molecular weight excluding hydrogens is 412 g/mol. The molecule has 3 aromatic heterocycles. The van der Waals surface area contributed by atoms with Crippen molar-refractivity contribution < 1.29 is 9.53 Å². The molecule has 5 rings (SSSR count). The van der Waals surface area contributed by atoms with Crippen LogP contribution in [0, 0.1) is 6.92 Å². The minimum absolute atomic E-state index is 0.0875. The van der Waals surface area contributed by atoms with Gasteiger partial charge in [0.1, 0.15) is 11.6 Å². The first-order valence-corrected chi connectivity index (χ1v) is 11.4. The van der Waals surface area contributed by atoms with Gasteiger partial charge in [0.05, 0.1) is 30.6 Å². The zero-order valence-electron chi connectivity index (χ0n) is 17.5. The highest BCUT2D eigenvalue weighted by Crippen LogP contribution is 2.32. The Labute approximate surface area is 184 Å². The first kappa shape index (κ1) is 19.9. The van der Waals surface area contributed by atoms with Crippen molar-refractivity contribution >= 4 is 40.0 Å². The summed E-state index contributed by atoms with van der Waals surface area (Å²) in [5.74, 6) is 1.67. The maximum atomic E-state index is 12.7. The number of hydrogen-bond acceptors (Lipinski definition) is 6. The van der Waals surface area contributed by atoms with Gasteiger partial charge in [-0.25, -0.2) is 4.68 Å². The highest BCUT2D eigenvalue weighted by atomic mass is 32.2. The van der Waals surface area contributed by atoms with Gasteiger partial charge in [0.25, 0.3) is 0 Å². The van der Waals surface area contributed by atoms with Crippen molar-refractivity contribution in [2.45, 2.75) is 43.8 Å². The third-order valence-corrected chi connectivity index (χ3v) is 6.74. The van der Waals surface area contributed by atoms with E-state index in [1.165, 1.54) is 24.6 Å². The second-order valence-corrected chi connectivity index (χ2v) is 8.77. The van der Waals surface area contributed by atoms with Crippen LogP contribution in [-0.2, 0) is 4.79 Å². The van der Waals surface area contributed by atoms with E-state index in [0.717, 1.165) is 46.5 Å². The standard InChI is InChI=1S/C22H24N6O2S/c1-14-11-20-25-26-22(27(20)18-12-16(30-2)7-8-17(14)18)31-13-21(29)24-19-9-10-23-28(19)15-5-3-4-6-15/h7-12,15H,3-6,13H2,1-2H3,(H,24,29). The minimum atomic E-state index is -0.0875. The van der Waals surface area contributed by atoms with Crippen LogP contribution in [0.3, 0.4) is 0 Å². The van der Waals surface area contributed by atoms with Crippen molar-refractivity contribution in [1.29, 1.82) is 0 Å². The third-order valence-electron chi connectivity index (χ3n) is 5.82. The minimum Gasteiger partial charge on any atom is -0.497 e. The van der Waals surface area contributed by atoms with Crippen LogP contribution < -0.4 is 10.1 Å². The number of amides is 1. The van der Waals surface area contributed by atoms with Crippen LogP contribution in [0.5, 0.6) is 5.75 Å². The summed E-state index contributed by atoms with van der Waals surface area (Å²) < 4.78 is 9.33. The summed E-state index contributed by atoms with van der Waals surface area (Å²) in [5, 5.41) is 17.8. The second-order valence-electron chi connectivity index (χ2n) is 7.82. The van der Waals surface area contributed by atoms with Gasteiger partial charge in [0.15, 0.2) is 10.8 Å². The van der Waals surface area contributed by atoms with Crippen molar-refractivity contribution in [3.05, 3.63) is 42.1 Å². The molecule has 1 N–H and O–H groups in total. The molecule has 8 nitrogen and oxygen atoms in total. The van der Waals surface area contributed by atoms with Crippen molar-refractivity contribution in [2.75, 3.05) is 18.2 Å². The fraction of sp³-hybridized carbons (Fsp3) is 0.364. The molecule has 160 valence electrons. The van der Waals surface area contributed by atoms with Crippen LogP contribution in [0.2, 0.25) is 0 Å². The Morgan fingerprint density at radius 3 is 2.87 bits per heavy atom. The van der Waals surface area contributed by atoms with Gasteiger partial charge in [-0.1, -0.05) is 24.6 Å². The Morgan fingerprint density at radius 2 is 2.06 bits per heavy atom. The molecule has 1 fully saturated rings. The maximum absolute atomic E-state index is 12.7. The lowest BCUT2D eigenvalue weighted by Crippen LogP contribution is -2.19. The van der Waals surface area contributed by atoms with Crippen LogP contribution in [-0.4, -0.2) is 43.1 Å². The van der Waals surface area contributed by atoms with Gasteiger partial charge in [-0.05, 0) is 43.5 Å². The van der Waals surface area contributed by atoms with Gasteiger partial charge >= 0.3 is 0 Å². The molecule has 1 aliphatic carbocycles. The topological polar surface area (TPSA) is 86.3 Å². The average molecular weight is 437 g/mol. The van der Waals surface area contributed by atoms with E-state index in [9.17, 15) is 4.79 Å². The van der Waals surface area contributed by atoms with E-state index in [0.29, 0.717) is 11.2 Å². The number of nitrogens with zero attached hydrogens (tertiary/aromatic N) is 5. The van der Waals surface area contributed by atoms with E-state index in [-0.39, 0.29) is 11.7 Å². The smallest absolute Gasteiger partial charge is 0.235 e. The number of anilines is 1. The fourth-order valence-electron chi connectivity index (χ4n) is 4.29. The number of pyridine rings is 1. The number of aromatic nitrogens is 5. The number of rotatable bonds is 6. The molecule has 1 aliphatic rings. The van der Waals surface area contributed by atoms with Crippen LogP contribution in [0.15, 0.2) is 41.7 Å². The fourth-order valence-corrected chi connectivity index (χ4v) is 5.04. The largest absolute Gasteiger partial charge is 0.497 e. The first-order chi connectivity index (χ1) is 15.1. The Balaban J connectivity index is 1.37. The number of benzene rings is 1. The second kappa shape index (κ2) is 8.22. The summed E-state index contributed by atoms with van der Waals surface area (Å²) in [5.41, 5.74) is 2.83. The number of hydrogen-bond donors (Lipinski definition) is 1. The molecule has 1 aromatic carbocycles. The summed E-state index contributed by atoms with van der Waals surface area (Å²) in [6.45, 7) is 2.05. The van der Waals surface area contributed by atoms with Gasteiger partial charge in [0.2, 0.25) is 5.91 Å². The lowest BCUT2D eigenvalue weighted by Gasteiger charge is -2.14. The monoisotopic (exact) mass is 436 g/mol. The van der Waals surface area contributed by atoms with Gasteiger partial charge in [-0.2, -0.15) is 5.10 Å². The van der Waals surface area contributed by atoms with Crippen molar-refractivity contribution in [2.24, 2.45) is 0 Å². The molecular formula is C22H24N6O2S. The highest BCUT2D eigenvalue weighted by Gasteiger charge is 2.21. The third kappa shape index (κ3) is 3.74. The maximum Gasteiger partial charge on any atom is 0.235 e. The van der Waals surface area contributed by atoms with E-state index in [1.54, 1.807) is 13.3 Å². The van der Waals surface area contributed by atoms with E-state index < -0.39 is 0 Å². The Morgan fingerprint density at radius 1 is 1.23 bits per heavy atom. The predicted molar refractivity (Wildman–Crippen MR) is 121 cm³/mol. The normalized spacial score (nSPS) is 14.5. The summed E-state index contributed by atoms with van der Waals surface area (Å²) in [7, 11) is 1.65. The number of fused-ring (bicyclic) bond motifs is 3. The summed E-state index contributed by atoms with van der Waals surface area (Å²) in [4.78, 5) is 12.7. The summed E-state index contributed by atoms with van der Waals surface area (Å²) in [6, 6.07) is 10.2. The molecule has 4 aromatic rings. The molecule has 0 radical (unpaired) electrons. The van der Waals surface area contributed by atoms with Crippen LogP contribution in [0.4, 0.5) is 5.82 Å². The lowest BCUT2D eigenvalue weighted by atomic mass is 10.1. The number of ether oxygens (including phenoxy) is 1. The van der Waals surface area contributed by atoms with Crippen LogP contribution in [0.1, 0.15) is 37.3 Å². The molecule has 3 heterocycles. The molecule has 0 atom stereocenters. The average Bonchev–Trinajstić information content (AvgIpc) is 3.52. The molecule has 0 aliphatic heterocycles. The van der Waals surface area contributed by atoms with Gasteiger partial charge in [-0.3, -0.25) is 9.20 Å². The van der Waals surface area contributed by atoms with E-state index >= 15 is 0 Å². The van der Waals surface area contributed by atoms with Crippen molar-refractivity contribution in [3.63, 3.8) is 0 Å². The molecule has 9 heteroatoms. The zero-order valence-corrected chi connectivity index (χ0v) is 18.4. The molecule has 31 heavy (non-hydrogen) atoms. The SMILES string of the molecule is COc1ccc2c(C)cc3nnc(SCC(=O)Nc4ccnn4C4CCCC4)n3c2c1. The van der Waals surface area contributed by atoms with Gasteiger partial charge in [0, 0.05) is 17.5 Å². The van der Waals surface area contributed by atoms with Crippen LogP contribution in [0.25, 0.3) is 16.6 Å². The molecule has 0 spiro atoms. The van der Waals surface area contributed by atoms with E-state index in [2.05, 4.69) is 27.5 Å². The number of aryl methyl sites for hydroxylation is 1.